The molecular weight excluding hydrogens is 376 g/mol. The van der Waals surface area contributed by atoms with Crippen LogP contribution in [0.25, 0.3) is 0 Å². The Morgan fingerprint density at radius 3 is 2.53 bits per heavy atom. The Morgan fingerprint density at radius 2 is 1.83 bits per heavy atom. The van der Waals surface area contributed by atoms with Crippen molar-refractivity contribution in [3.05, 3.63) is 102 Å². The van der Waals surface area contributed by atoms with Crippen LogP contribution in [0.15, 0.2) is 52.1 Å². The van der Waals surface area contributed by atoms with Gasteiger partial charge in [-0.15, -0.1) is 0 Å². The van der Waals surface area contributed by atoms with Gasteiger partial charge in [0.2, 0.25) is 0 Å². The summed E-state index contributed by atoms with van der Waals surface area (Å²) >= 11 is 0. The van der Waals surface area contributed by atoms with Gasteiger partial charge in [0.1, 0.15) is 6.23 Å². The van der Waals surface area contributed by atoms with E-state index < -0.39 is 11.9 Å². The number of fused-ring (bicyclic) bond motifs is 1. The Hall–Kier alpha value is -2.92. The van der Waals surface area contributed by atoms with Crippen molar-refractivity contribution in [2.45, 2.75) is 58.6 Å². The summed E-state index contributed by atoms with van der Waals surface area (Å²) in [6, 6.07) is 14.3. The number of hydrogen-bond donors (Lipinski definition) is 2. The molecule has 4 rings (SSSR count). The molecule has 2 atom stereocenters. The van der Waals surface area contributed by atoms with Crippen molar-refractivity contribution in [2.24, 2.45) is 0 Å². The van der Waals surface area contributed by atoms with Gasteiger partial charge >= 0.3 is 5.69 Å². The predicted molar refractivity (Wildman–Crippen MR) is 118 cm³/mol. The number of aliphatic hydroxyl groups excluding tert-OH is 1. The molecule has 1 aliphatic rings. The van der Waals surface area contributed by atoms with E-state index >= 15 is 0 Å². The highest BCUT2D eigenvalue weighted by Crippen LogP contribution is 2.39. The van der Waals surface area contributed by atoms with Crippen LogP contribution < -0.4 is 11.2 Å². The van der Waals surface area contributed by atoms with E-state index in [4.69, 9.17) is 0 Å². The average Bonchev–Trinajstić information content (AvgIpc) is 3.11. The SMILES string of the molecule is CCc1c(Cc2cc(C)cc(C)c2)n(C(O)C2CCc3ccccc32)c(=O)[nH]c1=O. The number of aliphatic hydroxyl groups is 1. The van der Waals surface area contributed by atoms with Gasteiger partial charge in [-0.05, 0) is 49.8 Å². The summed E-state index contributed by atoms with van der Waals surface area (Å²) in [5.41, 5.74) is 5.83. The van der Waals surface area contributed by atoms with Gasteiger partial charge in [-0.3, -0.25) is 14.3 Å². The van der Waals surface area contributed by atoms with Crippen LogP contribution in [0.3, 0.4) is 0 Å². The van der Waals surface area contributed by atoms with Crippen LogP contribution in [0.1, 0.15) is 64.6 Å². The van der Waals surface area contributed by atoms with Gasteiger partial charge in [0, 0.05) is 23.6 Å². The van der Waals surface area contributed by atoms with Gasteiger partial charge in [0.15, 0.2) is 0 Å². The second kappa shape index (κ2) is 8.07. The minimum atomic E-state index is -1.02. The van der Waals surface area contributed by atoms with E-state index in [1.165, 1.54) is 10.1 Å². The standard InChI is InChI=1S/C25H28N2O3/c1-4-19-22(14-17-12-15(2)11-16(3)13-17)27(25(30)26-23(19)28)24(29)21-10-9-18-7-5-6-8-20(18)21/h5-8,11-13,21,24,29H,4,9-10,14H2,1-3H3,(H,26,28,30). The summed E-state index contributed by atoms with van der Waals surface area (Å²) in [5.74, 6) is -0.174. The van der Waals surface area contributed by atoms with Crippen LogP contribution in [-0.2, 0) is 19.3 Å². The highest BCUT2D eigenvalue weighted by molar-refractivity contribution is 5.37. The smallest absolute Gasteiger partial charge is 0.330 e. The summed E-state index contributed by atoms with van der Waals surface area (Å²) < 4.78 is 1.42. The Balaban J connectivity index is 1.85. The number of aryl methyl sites for hydroxylation is 3. The molecular formula is C25H28N2O3. The van der Waals surface area contributed by atoms with E-state index in [2.05, 4.69) is 29.2 Å². The third-order valence-corrected chi connectivity index (χ3v) is 6.16. The first-order valence-corrected chi connectivity index (χ1v) is 10.6. The van der Waals surface area contributed by atoms with Gasteiger partial charge in [-0.2, -0.15) is 0 Å². The molecule has 1 heterocycles. The molecule has 0 amide bonds. The van der Waals surface area contributed by atoms with E-state index in [0.29, 0.717) is 24.1 Å². The van der Waals surface area contributed by atoms with Crippen LogP contribution in [0.5, 0.6) is 0 Å². The third-order valence-electron chi connectivity index (χ3n) is 6.16. The van der Waals surface area contributed by atoms with Crippen molar-refractivity contribution in [3.8, 4) is 0 Å². The minimum Gasteiger partial charge on any atom is -0.372 e. The lowest BCUT2D eigenvalue weighted by atomic mass is 9.97. The fraction of sp³-hybridized carbons (Fsp3) is 0.360. The van der Waals surface area contributed by atoms with Crippen LogP contribution in [0.2, 0.25) is 0 Å². The van der Waals surface area contributed by atoms with Crippen molar-refractivity contribution >= 4 is 0 Å². The van der Waals surface area contributed by atoms with Crippen LogP contribution in [-0.4, -0.2) is 14.7 Å². The largest absolute Gasteiger partial charge is 0.372 e. The molecule has 0 radical (unpaired) electrons. The molecule has 1 aromatic heterocycles. The Bertz CT molecular complexity index is 1190. The van der Waals surface area contributed by atoms with Gasteiger partial charge < -0.3 is 5.11 Å². The molecule has 0 spiro atoms. The molecule has 0 aliphatic heterocycles. The molecule has 0 saturated heterocycles. The molecule has 2 unspecified atom stereocenters. The quantitative estimate of drug-likeness (QED) is 0.683. The fourth-order valence-corrected chi connectivity index (χ4v) is 4.91. The Morgan fingerprint density at radius 1 is 1.13 bits per heavy atom. The second-order valence-electron chi connectivity index (χ2n) is 8.34. The van der Waals surface area contributed by atoms with E-state index in [0.717, 1.165) is 35.1 Å². The normalized spacial score (nSPS) is 16.5. The van der Waals surface area contributed by atoms with E-state index in [9.17, 15) is 14.7 Å². The predicted octanol–water partition coefficient (Wildman–Crippen LogP) is 3.53. The van der Waals surface area contributed by atoms with Crippen LogP contribution >= 0.6 is 0 Å². The molecule has 2 N–H and O–H groups in total. The molecule has 0 fully saturated rings. The number of aromatic nitrogens is 2. The molecule has 2 aromatic carbocycles. The maximum Gasteiger partial charge on any atom is 0.330 e. The number of benzene rings is 2. The zero-order valence-corrected chi connectivity index (χ0v) is 17.7. The first-order chi connectivity index (χ1) is 14.4. The summed E-state index contributed by atoms with van der Waals surface area (Å²) in [6.07, 6.45) is 1.55. The van der Waals surface area contributed by atoms with E-state index in [1.807, 2.05) is 39.0 Å². The lowest BCUT2D eigenvalue weighted by molar-refractivity contribution is 0.0659. The molecule has 5 nitrogen and oxygen atoms in total. The summed E-state index contributed by atoms with van der Waals surface area (Å²) in [4.78, 5) is 27.9. The maximum atomic E-state index is 12.9. The fourth-order valence-electron chi connectivity index (χ4n) is 4.91. The summed E-state index contributed by atoms with van der Waals surface area (Å²) in [5, 5.41) is 11.4. The average molecular weight is 405 g/mol. The number of nitrogens with zero attached hydrogens (tertiary/aromatic N) is 1. The monoisotopic (exact) mass is 404 g/mol. The number of aromatic amines is 1. The van der Waals surface area contributed by atoms with Gasteiger partial charge in [-0.1, -0.05) is 60.5 Å². The zero-order chi connectivity index (χ0) is 21.4. The van der Waals surface area contributed by atoms with Crippen molar-refractivity contribution in [2.75, 3.05) is 0 Å². The first-order valence-electron chi connectivity index (χ1n) is 10.6. The third kappa shape index (κ3) is 3.65. The number of hydrogen-bond acceptors (Lipinski definition) is 3. The molecule has 0 bridgehead atoms. The van der Waals surface area contributed by atoms with Crippen molar-refractivity contribution in [1.29, 1.82) is 0 Å². The number of nitrogens with one attached hydrogen (secondary N) is 1. The van der Waals surface area contributed by atoms with Gasteiger partial charge in [-0.25, -0.2) is 4.79 Å². The summed E-state index contributed by atoms with van der Waals surface area (Å²) in [6.45, 7) is 5.97. The van der Waals surface area contributed by atoms with E-state index in [1.54, 1.807) is 0 Å². The Labute approximate surface area is 176 Å². The van der Waals surface area contributed by atoms with Gasteiger partial charge in [0.05, 0.1) is 0 Å². The number of H-pyrrole nitrogens is 1. The highest BCUT2D eigenvalue weighted by Gasteiger charge is 2.32. The molecule has 156 valence electrons. The highest BCUT2D eigenvalue weighted by atomic mass is 16.3. The van der Waals surface area contributed by atoms with E-state index in [-0.39, 0.29) is 11.5 Å². The maximum absolute atomic E-state index is 12.9. The second-order valence-corrected chi connectivity index (χ2v) is 8.34. The van der Waals surface area contributed by atoms with Crippen molar-refractivity contribution in [1.82, 2.24) is 9.55 Å². The zero-order valence-electron chi connectivity index (χ0n) is 17.7. The molecule has 0 saturated carbocycles. The van der Waals surface area contributed by atoms with Gasteiger partial charge in [0.25, 0.3) is 5.56 Å². The molecule has 5 heteroatoms. The molecule has 1 aliphatic carbocycles. The van der Waals surface area contributed by atoms with Crippen LogP contribution in [0, 0.1) is 13.8 Å². The molecule has 3 aromatic rings. The van der Waals surface area contributed by atoms with Crippen LogP contribution in [0.4, 0.5) is 0 Å². The number of rotatable bonds is 5. The minimum absolute atomic E-state index is 0.174. The lowest BCUT2D eigenvalue weighted by Crippen LogP contribution is -2.39. The first kappa shape index (κ1) is 20.4. The molecule has 30 heavy (non-hydrogen) atoms. The lowest BCUT2D eigenvalue weighted by Gasteiger charge is -2.25. The summed E-state index contributed by atoms with van der Waals surface area (Å²) in [7, 11) is 0. The van der Waals surface area contributed by atoms with Crippen molar-refractivity contribution in [3.63, 3.8) is 0 Å². The van der Waals surface area contributed by atoms with Crippen molar-refractivity contribution < 1.29 is 5.11 Å². The topological polar surface area (TPSA) is 75.1 Å². The Kier molecular flexibility index (Phi) is 5.48.